The first-order chi connectivity index (χ1) is 12.5. The van der Waals surface area contributed by atoms with Gasteiger partial charge in [-0.05, 0) is 91.5 Å². The van der Waals surface area contributed by atoms with E-state index in [-0.39, 0.29) is 6.04 Å². The Morgan fingerprint density at radius 3 is 2.15 bits per heavy atom. The van der Waals surface area contributed by atoms with Crippen LogP contribution in [0, 0.1) is 29.6 Å². The lowest BCUT2D eigenvalue weighted by Gasteiger charge is -2.56. The fourth-order valence-electron chi connectivity index (χ4n) is 6.51. The van der Waals surface area contributed by atoms with Crippen molar-refractivity contribution in [1.82, 2.24) is 4.72 Å². The van der Waals surface area contributed by atoms with Crippen molar-refractivity contribution in [2.45, 2.75) is 50.0 Å². The van der Waals surface area contributed by atoms with Crippen molar-refractivity contribution in [3.63, 3.8) is 0 Å². The van der Waals surface area contributed by atoms with Gasteiger partial charge in [-0.3, -0.25) is 0 Å². The van der Waals surface area contributed by atoms with Gasteiger partial charge in [-0.1, -0.05) is 30.3 Å². The first-order valence-electron chi connectivity index (χ1n) is 10.0. The van der Waals surface area contributed by atoms with Crippen LogP contribution in [0.1, 0.15) is 39.0 Å². The van der Waals surface area contributed by atoms with Crippen LogP contribution < -0.4 is 4.72 Å². The van der Waals surface area contributed by atoms with Crippen LogP contribution in [0.15, 0.2) is 47.4 Å². The van der Waals surface area contributed by atoms with E-state index in [0.29, 0.717) is 10.8 Å². The maximum absolute atomic E-state index is 13.0. The van der Waals surface area contributed by atoms with Crippen molar-refractivity contribution in [3.05, 3.63) is 42.5 Å². The first kappa shape index (κ1) is 16.8. The maximum Gasteiger partial charge on any atom is 0.240 e. The van der Waals surface area contributed by atoms with E-state index in [1.165, 1.54) is 32.1 Å². The molecule has 3 nitrogen and oxygen atoms in total. The summed E-state index contributed by atoms with van der Waals surface area (Å²) in [5.41, 5.74) is 0. The third-order valence-electron chi connectivity index (χ3n) is 7.25. The van der Waals surface area contributed by atoms with E-state index in [9.17, 15) is 8.42 Å². The third-order valence-corrected chi connectivity index (χ3v) is 8.81. The topological polar surface area (TPSA) is 46.2 Å². The zero-order valence-corrected chi connectivity index (χ0v) is 16.1. The first-order valence-corrected chi connectivity index (χ1v) is 11.5. The van der Waals surface area contributed by atoms with Crippen LogP contribution in [0.3, 0.4) is 0 Å². The molecule has 26 heavy (non-hydrogen) atoms. The molecule has 4 fully saturated rings. The van der Waals surface area contributed by atoms with Gasteiger partial charge in [-0.15, -0.1) is 0 Å². The number of benzene rings is 2. The van der Waals surface area contributed by atoms with Crippen LogP contribution in [0.25, 0.3) is 10.8 Å². The number of fused-ring (bicyclic) bond motifs is 1. The Morgan fingerprint density at radius 2 is 1.50 bits per heavy atom. The van der Waals surface area contributed by atoms with Gasteiger partial charge < -0.3 is 0 Å². The molecule has 0 aliphatic heterocycles. The number of nitrogens with one attached hydrogen (secondary N) is 1. The van der Waals surface area contributed by atoms with Gasteiger partial charge >= 0.3 is 0 Å². The molecule has 1 atom stereocenters. The molecular weight excluding hydrogens is 342 g/mol. The molecule has 0 radical (unpaired) electrons. The average molecular weight is 370 g/mol. The number of sulfonamides is 1. The van der Waals surface area contributed by atoms with E-state index < -0.39 is 10.0 Å². The summed E-state index contributed by atoms with van der Waals surface area (Å²) in [7, 11) is -3.48. The van der Waals surface area contributed by atoms with Crippen molar-refractivity contribution in [2.24, 2.45) is 29.6 Å². The SMILES string of the molecule is CC(NS(=O)(=O)c1ccc2ccccc2c1)C1C2CC3CC(C2)CC1C3. The van der Waals surface area contributed by atoms with Gasteiger partial charge in [0.25, 0.3) is 0 Å². The minimum Gasteiger partial charge on any atom is -0.208 e. The van der Waals surface area contributed by atoms with E-state index in [0.717, 1.165) is 34.4 Å². The molecule has 4 saturated carbocycles. The number of hydrogen-bond donors (Lipinski definition) is 1. The van der Waals surface area contributed by atoms with Gasteiger partial charge in [0.2, 0.25) is 10.0 Å². The molecule has 0 heterocycles. The molecule has 2 aromatic rings. The predicted octanol–water partition coefficient (Wildman–Crippen LogP) is 4.58. The van der Waals surface area contributed by atoms with Crippen LogP contribution in [0.4, 0.5) is 0 Å². The summed E-state index contributed by atoms with van der Waals surface area (Å²) in [6, 6.07) is 13.3. The van der Waals surface area contributed by atoms with E-state index in [4.69, 9.17) is 0 Å². The summed E-state index contributed by atoms with van der Waals surface area (Å²) in [4.78, 5) is 0.381. The Labute approximate surface area is 156 Å². The van der Waals surface area contributed by atoms with Crippen molar-refractivity contribution < 1.29 is 8.42 Å². The fraction of sp³-hybridized carbons (Fsp3) is 0.545. The van der Waals surface area contributed by atoms with Crippen LogP contribution in [0.5, 0.6) is 0 Å². The summed E-state index contributed by atoms with van der Waals surface area (Å²) >= 11 is 0. The van der Waals surface area contributed by atoms with Crippen LogP contribution in [0.2, 0.25) is 0 Å². The molecule has 0 amide bonds. The summed E-state index contributed by atoms with van der Waals surface area (Å²) in [6.45, 7) is 2.09. The fourth-order valence-corrected chi connectivity index (χ4v) is 7.82. The maximum atomic E-state index is 13.0. The minimum absolute atomic E-state index is 0.0153. The molecule has 2 aromatic carbocycles. The zero-order chi connectivity index (χ0) is 17.9. The minimum atomic E-state index is -3.48. The Balaban J connectivity index is 1.39. The molecule has 1 N–H and O–H groups in total. The summed E-state index contributed by atoms with van der Waals surface area (Å²) < 4.78 is 29.1. The van der Waals surface area contributed by atoms with Gasteiger partial charge in [0.15, 0.2) is 0 Å². The summed E-state index contributed by atoms with van der Waals surface area (Å²) in [5, 5.41) is 2.04. The average Bonchev–Trinajstić information content (AvgIpc) is 2.60. The van der Waals surface area contributed by atoms with Crippen molar-refractivity contribution in [3.8, 4) is 0 Å². The van der Waals surface area contributed by atoms with Crippen molar-refractivity contribution in [1.29, 1.82) is 0 Å². The Bertz CT molecular complexity index is 908. The molecule has 4 heteroatoms. The highest BCUT2D eigenvalue weighted by atomic mass is 32.2. The molecular formula is C22H27NO2S. The molecule has 4 aliphatic carbocycles. The lowest BCUT2D eigenvalue weighted by Crippen LogP contribution is -2.52. The Morgan fingerprint density at radius 1 is 0.885 bits per heavy atom. The molecule has 4 aliphatic rings. The Kier molecular flexibility index (Phi) is 3.91. The van der Waals surface area contributed by atoms with Gasteiger partial charge in [-0.2, -0.15) is 0 Å². The quantitative estimate of drug-likeness (QED) is 0.857. The second kappa shape index (κ2) is 6.07. The van der Waals surface area contributed by atoms with Crippen LogP contribution >= 0.6 is 0 Å². The summed E-state index contributed by atoms with van der Waals surface area (Å²) in [6.07, 6.45) is 6.70. The highest BCUT2D eigenvalue weighted by Crippen LogP contribution is 2.57. The van der Waals surface area contributed by atoms with Gasteiger partial charge in [0.05, 0.1) is 4.90 Å². The Hall–Kier alpha value is -1.39. The molecule has 4 bridgehead atoms. The van der Waals surface area contributed by atoms with E-state index in [1.807, 2.05) is 30.3 Å². The number of hydrogen-bond acceptors (Lipinski definition) is 2. The third kappa shape index (κ3) is 2.78. The lowest BCUT2D eigenvalue weighted by molar-refractivity contribution is -0.0463. The molecule has 138 valence electrons. The van der Waals surface area contributed by atoms with Crippen molar-refractivity contribution >= 4 is 20.8 Å². The second-order valence-corrected chi connectivity index (χ2v) is 10.6. The molecule has 0 saturated heterocycles. The largest absolute Gasteiger partial charge is 0.240 e. The normalized spacial score (nSPS) is 34.3. The predicted molar refractivity (Wildman–Crippen MR) is 104 cm³/mol. The standard InChI is InChI=1S/C22H27NO2S/c1-14(22-19-9-15-8-16(11-19)12-20(22)10-15)23-26(24,25)21-7-6-17-4-2-3-5-18(17)13-21/h2-7,13-16,19-20,22-23H,8-12H2,1H3. The van der Waals surface area contributed by atoms with E-state index in [2.05, 4.69) is 11.6 Å². The van der Waals surface area contributed by atoms with Gasteiger partial charge in [-0.25, -0.2) is 13.1 Å². The van der Waals surface area contributed by atoms with Crippen LogP contribution in [-0.2, 0) is 10.0 Å². The van der Waals surface area contributed by atoms with E-state index in [1.54, 1.807) is 12.1 Å². The smallest absolute Gasteiger partial charge is 0.208 e. The molecule has 0 spiro atoms. The highest BCUT2D eigenvalue weighted by molar-refractivity contribution is 7.89. The zero-order valence-electron chi connectivity index (χ0n) is 15.3. The molecule has 0 aromatic heterocycles. The second-order valence-electron chi connectivity index (χ2n) is 8.93. The highest BCUT2D eigenvalue weighted by Gasteiger charge is 2.50. The van der Waals surface area contributed by atoms with Gasteiger partial charge in [0.1, 0.15) is 0 Å². The molecule has 1 unspecified atom stereocenters. The summed E-state index contributed by atoms with van der Waals surface area (Å²) in [5.74, 6) is 3.79. The molecule has 6 rings (SSSR count). The monoisotopic (exact) mass is 369 g/mol. The van der Waals surface area contributed by atoms with Crippen molar-refractivity contribution in [2.75, 3.05) is 0 Å². The number of rotatable bonds is 4. The van der Waals surface area contributed by atoms with Gasteiger partial charge in [0, 0.05) is 6.04 Å². The lowest BCUT2D eigenvalue weighted by atomic mass is 9.51. The van der Waals surface area contributed by atoms with E-state index >= 15 is 0 Å². The van der Waals surface area contributed by atoms with Crippen LogP contribution in [-0.4, -0.2) is 14.5 Å².